The molecule has 0 amide bonds. The van der Waals surface area contributed by atoms with Gasteiger partial charge in [0.2, 0.25) is 0 Å². The van der Waals surface area contributed by atoms with Crippen LogP contribution in [-0.4, -0.2) is 7.11 Å². The number of methoxy groups -OCH3 is 1. The van der Waals surface area contributed by atoms with Crippen LogP contribution < -0.4 is 15.2 Å². The minimum absolute atomic E-state index is 0.176. The Kier molecular flexibility index (Phi) is 6.00. The summed E-state index contributed by atoms with van der Waals surface area (Å²) in [5, 5.41) is 1.56. The van der Waals surface area contributed by atoms with E-state index in [9.17, 15) is 4.39 Å². The van der Waals surface area contributed by atoms with Crippen LogP contribution in [0.1, 0.15) is 40.7 Å². The first-order chi connectivity index (χ1) is 15.1. The van der Waals surface area contributed by atoms with Crippen molar-refractivity contribution in [3.63, 3.8) is 0 Å². The van der Waals surface area contributed by atoms with Crippen LogP contribution in [0.5, 0.6) is 5.75 Å². The first-order valence-corrected chi connectivity index (χ1v) is 10.2. The lowest BCUT2D eigenvalue weighted by Crippen LogP contribution is -2.32. The molecule has 0 saturated carbocycles. The summed E-state index contributed by atoms with van der Waals surface area (Å²) in [7, 11) is 1.53. The van der Waals surface area contributed by atoms with Crippen molar-refractivity contribution < 1.29 is 13.5 Å². The third kappa shape index (κ3) is 4.44. The van der Waals surface area contributed by atoms with Gasteiger partial charge in [0, 0.05) is 22.3 Å². The van der Waals surface area contributed by atoms with E-state index in [1.165, 1.54) is 24.8 Å². The van der Waals surface area contributed by atoms with E-state index in [2.05, 4.69) is 17.9 Å². The van der Waals surface area contributed by atoms with Gasteiger partial charge in [-0.1, -0.05) is 47.8 Å². The molecule has 0 atom stereocenters. The number of ether oxygens (including phenoxy) is 1. The Morgan fingerprint density at radius 3 is 2.13 bits per heavy atom. The predicted molar refractivity (Wildman–Crippen MR) is 123 cm³/mol. The monoisotopic (exact) mass is 412 g/mol. The molecule has 0 unspecified atom stereocenters. The SMILES string of the molecule is COc1ccc(/C(F)=C(\F)c2ccc(C#Cc3ccc(C)cc3)c3c2=CCCC=3)cc1. The molecule has 0 N–H and O–H groups in total. The molecule has 0 aromatic heterocycles. The van der Waals surface area contributed by atoms with Gasteiger partial charge in [-0.15, -0.1) is 0 Å². The summed E-state index contributed by atoms with van der Waals surface area (Å²) < 4.78 is 35.2. The molecular formula is C28H22F2O. The molecule has 4 rings (SSSR count). The molecule has 0 saturated heterocycles. The van der Waals surface area contributed by atoms with Crippen LogP contribution in [0.25, 0.3) is 23.8 Å². The Labute approximate surface area is 181 Å². The van der Waals surface area contributed by atoms with Crippen LogP contribution in [0.3, 0.4) is 0 Å². The summed E-state index contributed by atoms with van der Waals surface area (Å²) in [4.78, 5) is 0. The summed E-state index contributed by atoms with van der Waals surface area (Å²) >= 11 is 0. The highest BCUT2D eigenvalue weighted by molar-refractivity contribution is 5.84. The number of halogens is 2. The number of benzene rings is 3. The molecule has 0 aliphatic heterocycles. The van der Waals surface area contributed by atoms with Crippen molar-refractivity contribution in [2.24, 2.45) is 0 Å². The van der Waals surface area contributed by atoms with Crippen molar-refractivity contribution in [1.82, 2.24) is 0 Å². The lowest BCUT2D eigenvalue weighted by Gasteiger charge is -2.09. The molecule has 31 heavy (non-hydrogen) atoms. The van der Waals surface area contributed by atoms with Crippen LogP contribution in [0, 0.1) is 18.8 Å². The standard InChI is InChI=1S/C28H22F2O/c1-19-7-9-20(10-8-19)11-12-21-15-18-26(25-6-4-3-5-24(21)25)28(30)27(29)22-13-16-23(31-2)17-14-22/h5-10,13-18H,3-4H2,1-2H3/b28-27+. The fraction of sp³-hybridized carbons (Fsp3) is 0.143. The smallest absolute Gasteiger partial charge is 0.167 e. The number of hydrogen-bond donors (Lipinski definition) is 0. The number of fused-ring (bicyclic) bond motifs is 1. The van der Waals surface area contributed by atoms with E-state index >= 15 is 4.39 Å². The van der Waals surface area contributed by atoms with Crippen molar-refractivity contribution >= 4 is 23.8 Å². The van der Waals surface area contributed by atoms with Crippen molar-refractivity contribution in [2.75, 3.05) is 7.11 Å². The zero-order valence-corrected chi connectivity index (χ0v) is 17.5. The normalized spacial score (nSPS) is 13.0. The topological polar surface area (TPSA) is 9.23 Å². The maximum absolute atomic E-state index is 15.2. The van der Waals surface area contributed by atoms with E-state index < -0.39 is 11.7 Å². The number of hydrogen-bond acceptors (Lipinski definition) is 1. The summed E-state index contributed by atoms with van der Waals surface area (Å²) in [5.74, 6) is 5.21. The van der Waals surface area contributed by atoms with Gasteiger partial charge in [0.1, 0.15) is 5.75 Å². The number of rotatable bonds is 3. The van der Waals surface area contributed by atoms with Gasteiger partial charge in [0.15, 0.2) is 11.7 Å². The molecule has 0 fully saturated rings. The Morgan fingerprint density at radius 2 is 1.45 bits per heavy atom. The highest BCUT2D eigenvalue weighted by Crippen LogP contribution is 2.28. The highest BCUT2D eigenvalue weighted by Gasteiger charge is 2.15. The summed E-state index contributed by atoms with van der Waals surface area (Å²) in [6, 6.07) is 17.6. The Hall–Kier alpha value is -3.64. The molecule has 3 heteroatoms. The fourth-order valence-electron chi connectivity index (χ4n) is 3.59. The molecule has 154 valence electrons. The second-order valence-electron chi connectivity index (χ2n) is 7.45. The van der Waals surface area contributed by atoms with Crippen LogP contribution in [0.15, 0.2) is 60.7 Å². The van der Waals surface area contributed by atoms with Gasteiger partial charge in [-0.2, -0.15) is 0 Å². The van der Waals surface area contributed by atoms with Crippen LogP contribution in [0.2, 0.25) is 0 Å². The zero-order valence-electron chi connectivity index (χ0n) is 17.5. The molecule has 3 aromatic rings. The quantitative estimate of drug-likeness (QED) is 0.406. The van der Waals surface area contributed by atoms with Crippen LogP contribution >= 0.6 is 0 Å². The Balaban J connectivity index is 1.78. The minimum atomic E-state index is -0.887. The number of aryl methyl sites for hydroxylation is 1. The second kappa shape index (κ2) is 9.02. The largest absolute Gasteiger partial charge is 0.497 e. The molecule has 1 aliphatic carbocycles. The van der Waals surface area contributed by atoms with E-state index in [-0.39, 0.29) is 11.1 Å². The first-order valence-electron chi connectivity index (χ1n) is 10.2. The van der Waals surface area contributed by atoms with E-state index in [0.717, 1.165) is 29.2 Å². The summed E-state index contributed by atoms with van der Waals surface area (Å²) in [5.41, 5.74) is 3.33. The lowest BCUT2D eigenvalue weighted by molar-refractivity contribution is 0.414. The van der Waals surface area contributed by atoms with Gasteiger partial charge in [-0.3, -0.25) is 0 Å². The molecule has 1 aliphatic rings. The van der Waals surface area contributed by atoms with Crippen molar-refractivity contribution in [1.29, 1.82) is 0 Å². The van der Waals surface area contributed by atoms with Crippen molar-refractivity contribution in [3.8, 4) is 17.6 Å². The predicted octanol–water partition coefficient (Wildman–Crippen LogP) is 5.52. The van der Waals surface area contributed by atoms with Gasteiger partial charge in [-0.05, 0) is 72.7 Å². The van der Waals surface area contributed by atoms with Gasteiger partial charge >= 0.3 is 0 Å². The molecule has 0 radical (unpaired) electrons. The maximum atomic E-state index is 15.2. The minimum Gasteiger partial charge on any atom is -0.497 e. The lowest BCUT2D eigenvalue weighted by atomic mass is 9.97. The average molecular weight is 412 g/mol. The second-order valence-corrected chi connectivity index (χ2v) is 7.45. The molecule has 1 nitrogen and oxygen atoms in total. The average Bonchev–Trinajstić information content (AvgIpc) is 2.82. The maximum Gasteiger partial charge on any atom is 0.167 e. The van der Waals surface area contributed by atoms with Crippen LogP contribution in [-0.2, 0) is 0 Å². The van der Waals surface area contributed by atoms with E-state index in [0.29, 0.717) is 11.0 Å². The van der Waals surface area contributed by atoms with Gasteiger partial charge in [0.05, 0.1) is 7.11 Å². The Morgan fingerprint density at radius 1 is 0.774 bits per heavy atom. The summed E-state index contributed by atoms with van der Waals surface area (Å²) in [6.07, 6.45) is 5.65. The zero-order chi connectivity index (χ0) is 21.8. The van der Waals surface area contributed by atoms with E-state index in [4.69, 9.17) is 4.74 Å². The van der Waals surface area contributed by atoms with Crippen LogP contribution in [0.4, 0.5) is 8.78 Å². The Bertz CT molecular complexity index is 1320. The molecule has 0 bridgehead atoms. The summed E-state index contributed by atoms with van der Waals surface area (Å²) in [6.45, 7) is 2.03. The van der Waals surface area contributed by atoms with E-state index in [1.54, 1.807) is 24.3 Å². The van der Waals surface area contributed by atoms with E-state index in [1.807, 2.05) is 37.3 Å². The van der Waals surface area contributed by atoms with Gasteiger partial charge in [0.25, 0.3) is 0 Å². The molecule has 0 spiro atoms. The first kappa shape index (κ1) is 20.6. The van der Waals surface area contributed by atoms with Gasteiger partial charge in [-0.25, -0.2) is 8.78 Å². The third-order valence-corrected chi connectivity index (χ3v) is 5.32. The molecule has 3 aromatic carbocycles. The highest BCUT2D eigenvalue weighted by atomic mass is 19.2. The van der Waals surface area contributed by atoms with Crippen molar-refractivity contribution in [3.05, 3.63) is 98.9 Å². The third-order valence-electron chi connectivity index (χ3n) is 5.32. The van der Waals surface area contributed by atoms with Crippen molar-refractivity contribution in [2.45, 2.75) is 19.8 Å². The molecule has 0 heterocycles. The molecular weight excluding hydrogens is 390 g/mol. The fourth-order valence-corrected chi connectivity index (χ4v) is 3.59. The van der Waals surface area contributed by atoms with Gasteiger partial charge < -0.3 is 4.74 Å².